The molecule has 0 aromatic heterocycles. The predicted octanol–water partition coefficient (Wildman–Crippen LogP) is 5.25. The highest BCUT2D eigenvalue weighted by molar-refractivity contribution is 6.31. The van der Waals surface area contributed by atoms with E-state index < -0.39 is 6.04 Å². The zero-order valence-corrected chi connectivity index (χ0v) is 16.3. The number of ketones is 1. The van der Waals surface area contributed by atoms with Crippen molar-refractivity contribution in [3.05, 3.63) is 88.5 Å². The van der Waals surface area contributed by atoms with Crippen LogP contribution in [0.25, 0.3) is 17.2 Å². The summed E-state index contributed by atoms with van der Waals surface area (Å²) in [5, 5.41) is 0.512. The van der Waals surface area contributed by atoms with E-state index in [9.17, 15) is 9.59 Å². The molecule has 29 heavy (non-hydrogen) atoms. The fourth-order valence-corrected chi connectivity index (χ4v) is 4.22. The minimum atomic E-state index is -0.660. The molecular weight excluding hydrogens is 386 g/mol. The second kappa shape index (κ2) is 6.61. The van der Waals surface area contributed by atoms with E-state index in [0.717, 1.165) is 22.4 Å². The van der Waals surface area contributed by atoms with Crippen LogP contribution in [0.4, 0.5) is 5.69 Å². The van der Waals surface area contributed by atoms with Crippen LogP contribution in [0.5, 0.6) is 5.75 Å². The normalized spacial score (nSPS) is 16.9. The van der Waals surface area contributed by atoms with E-state index in [0.29, 0.717) is 21.8 Å². The van der Waals surface area contributed by atoms with Gasteiger partial charge < -0.3 is 4.74 Å². The lowest BCUT2D eigenvalue weighted by Crippen LogP contribution is -2.50. The van der Waals surface area contributed by atoms with Crippen molar-refractivity contribution in [3.63, 3.8) is 0 Å². The van der Waals surface area contributed by atoms with Crippen molar-refractivity contribution in [1.29, 1.82) is 0 Å². The van der Waals surface area contributed by atoms with Crippen LogP contribution in [0.2, 0.25) is 5.02 Å². The first-order valence-electron chi connectivity index (χ1n) is 9.21. The average Bonchev–Trinajstić information content (AvgIpc) is 2.74. The maximum absolute atomic E-state index is 13.7. The summed E-state index contributed by atoms with van der Waals surface area (Å²) < 4.78 is 5.23. The van der Waals surface area contributed by atoms with Crippen LogP contribution >= 0.6 is 11.6 Å². The van der Waals surface area contributed by atoms with Gasteiger partial charge in [0.05, 0.1) is 12.7 Å². The molecule has 0 N–H and O–H groups in total. The van der Waals surface area contributed by atoms with Gasteiger partial charge in [0.1, 0.15) is 11.8 Å². The molecule has 0 radical (unpaired) electrons. The number of benzene rings is 3. The molecule has 4 nitrogen and oxygen atoms in total. The predicted molar refractivity (Wildman–Crippen MR) is 114 cm³/mol. The fraction of sp³-hybridized carbons (Fsp3) is 0.0833. The first-order valence-corrected chi connectivity index (χ1v) is 9.59. The van der Waals surface area contributed by atoms with E-state index in [1.165, 1.54) is 4.90 Å². The molecule has 5 rings (SSSR count). The molecule has 1 heterocycles. The van der Waals surface area contributed by atoms with Gasteiger partial charge in [-0.1, -0.05) is 54.1 Å². The molecule has 1 atom stereocenters. The Balaban J connectivity index is 1.73. The van der Waals surface area contributed by atoms with Crippen LogP contribution in [0.1, 0.15) is 26.3 Å². The number of nitrogens with zero attached hydrogens (tertiary/aromatic N) is 1. The zero-order valence-electron chi connectivity index (χ0n) is 15.6. The van der Waals surface area contributed by atoms with E-state index in [4.69, 9.17) is 16.3 Å². The number of amides is 1. The monoisotopic (exact) mass is 401 g/mol. The Labute approximate surface area is 173 Å². The summed E-state index contributed by atoms with van der Waals surface area (Å²) in [6, 6.07) is 17.6. The zero-order chi connectivity index (χ0) is 20.1. The minimum absolute atomic E-state index is 0.0764. The number of Topliss-reactive ketones (excluding diaryl/α,β-unsaturated/α-hetero) is 1. The number of fused-ring (bicyclic) bond motifs is 1. The molecule has 1 aliphatic carbocycles. The summed E-state index contributed by atoms with van der Waals surface area (Å²) in [6.45, 7) is 0. The van der Waals surface area contributed by atoms with Crippen LogP contribution in [0, 0.1) is 0 Å². The van der Waals surface area contributed by atoms with Crippen molar-refractivity contribution in [2.24, 2.45) is 0 Å². The van der Waals surface area contributed by atoms with Gasteiger partial charge in [-0.2, -0.15) is 0 Å². The quantitative estimate of drug-likeness (QED) is 0.601. The summed E-state index contributed by atoms with van der Waals surface area (Å²) in [4.78, 5) is 28.5. The number of anilines is 1. The first-order chi connectivity index (χ1) is 14.1. The molecule has 0 saturated heterocycles. The van der Waals surface area contributed by atoms with Gasteiger partial charge in [-0.3, -0.25) is 14.5 Å². The van der Waals surface area contributed by atoms with Crippen LogP contribution in [-0.4, -0.2) is 24.8 Å². The standard InChI is InChI=1S/C24H16ClNO3/c1-29-18-9-5-14(6-10-18)19-11-7-15-8-12-20-23(27)21(15)22(19)24(28)26(20)17-4-2-3-16(25)13-17/h2-13,20H,1H3. The maximum atomic E-state index is 13.7. The van der Waals surface area contributed by atoms with Crippen molar-refractivity contribution >= 4 is 35.1 Å². The molecule has 1 aliphatic heterocycles. The summed E-state index contributed by atoms with van der Waals surface area (Å²) in [7, 11) is 1.61. The van der Waals surface area contributed by atoms with E-state index in [1.54, 1.807) is 37.5 Å². The second-order valence-corrected chi connectivity index (χ2v) is 7.44. The van der Waals surface area contributed by atoms with Gasteiger partial charge in [0.2, 0.25) is 0 Å². The van der Waals surface area contributed by atoms with E-state index in [1.807, 2.05) is 42.5 Å². The van der Waals surface area contributed by atoms with Crippen LogP contribution < -0.4 is 9.64 Å². The number of methoxy groups -OCH3 is 1. The smallest absolute Gasteiger partial charge is 0.260 e. The third-order valence-electron chi connectivity index (χ3n) is 5.41. The molecular formula is C24H16ClNO3. The Hall–Kier alpha value is -3.37. The summed E-state index contributed by atoms with van der Waals surface area (Å²) in [6.07, 6.45) is 3.69. The van der Waals surface area contributed by atoms with Crippen LogP contribution in [0.15, 0.2) is 66.7 Å². The lowest BCUT2D eigenvalue weighted by Gasteiger charge is -2.37. The Bertz CT molecular complexity index is 1200. The topological polar surface area (TPSA) is 46.6 Å². The molecule has 0 spiro atoms. The van der Waals surface area contributed by atoms with Gasteiger partial charge >= 0.3 is 0 Å². The number of carbonyl (C=O) groups excluding carboxylic acids is 2. The van der Waals surface area contributed by atoms with Crippen LogP contribution in [-0.2, 0) is 0 Å². The lowest BCUT2D eigenvalue weighted by molar-refractivity contribution is 0.0885. The molecule has 2 bridgehead atoms. The Morgan fingerprint density at radius 3 is 2.48 bits per heavy atom. The molecule has 1 unspecified atom stereocenters. The Morgan fingerprint density at radius 2 is 1.76 bits per heavy atom. The van der Waals surface area contributed by atoms with E-state index in [-0.39, 0.29) is 11.7 Å². The van der Waals surface area contributed by atoms with Crippen molar-refractivity contribution in [2.75, 3.05) is 12.0 Å². The third kappa shape index (κ3) is 2.68. The minimum Gasteiger partial charge on any atom is -0.497 e. The van der Waals surface area contributed by atoms with Crippen molar-refractivity contribution in [2.45, 2.75) is 6.04 Å². The van der Waals surface area contributed by atoms with Gasteiger partial charge in [-0.15, -0.1) is 0 Å². The SMILES string of the molecule is COc1ccc(-c2ccc3c4c2C(=O)N(c2cccc(Cl)c2)C(C=C3)C4=O)cc1. The lowest BCUT2D eigenvalue weighted by atomic mass is 9.80. The number of ether oxygens (including phenoxy) is 1. The molecule has 3 aromatic carbocycles. The van der Waals surface area contributed by atoms with Gasteiger partial charge in [0, 0.05) is 16.3 Å². The van der Waals surface area contributed by atoms with Crippen LogP contribution in [0.3, 0.4) is 0 Å². The molecule has 5 heteroatoms. The van der Waals surface area contributed by atoms with Crippen molar-refractivity contribution in [3.8, 4) is 16.9 Å². The summed E-state index contributed by atoms with van der Waals surface area (Å²) in [5.41, 5.74) is 3.88. The third-order valence-corrected chi connectivity index (χ3v) is 5.64. The highest BCUT2D eigenvalue weighted by Gasteiger charge is 2.42. The molecule has 2 aliphatic rings. The number of carbonyl (C=O) groups is 2. The van der Waals surface area contributed by atoms with Gasteiger partial charge in [-0.25, -0.2) is 0 Å². The Kier molecular flexibility index (Phi) is 4.03. The van der Waals surface area contributed by atoms with E-state index >= 15 is 0 Å². The van der Waals surface area contributed by atoms with Gasteiger partial charge in [0.25, 0.3) is 5.91 Å². The summed E-state index contributed by atoms with van der Waals surface area (Å²) >= 11 is 6.15. The molecule has 0 saturated carbocycles. The highest BCUT2D eigenvalue weighted by Crippen LogP contribution is 2.40. The number of hydrogen-bond acceptors (Lipinski definition) is 3. The van der Waals surface area contributed by atoms with Crippen molar-refractivity contribution in [1.82, 2.24) is 0 Å². The first kappa shape index (κ1) is 17.7. The molecule has 0 fully saturated rings. The van der Waals surface area contributed by atoms with Gasteiger partial charge in [-0.05, 0) is 47.0 Å². The number of hydrogen-bond donors (Lipinski definition) is 0. The second-order valence-electron chi connectivity index (χ2n) is 7.00. The largest absolute Gasteiger partial charge is 0.497 e. The molecule has 3 aromatic rings. The fourth-order valence-electron chi connectivity index (χ4n) is 4.04. The van der Waals surface area contributed by atoms with E-state index in [2.05, 4.69) is 0 Å². The average molecular weight is 402 g/mol. The number of rotatable bonds is 3. The van der Waals surface area contributed by atoms with Gasteiger partial charge in [0.15, 0.2) is 5.78 Å². The Morgan fingerprint density at radius 1 is 0.966 bits per heavy atom. The molecule has 1 amide bonds. The maximum Gasteiger partial charge on any atom is 0.260 e. The van der Waals surface area contributed by atoms with Crippen molar-refractivity contribution < 1.29 is 14.3 Å². The number of halogens is 1. The molecule has 142 valence electrons. The highest BCUT2D eigenvalue weighted by atomic mass is 35.5. The summed E-state index contributed by atoms with van der Waals surface area (Å²) in [5.74, 6) is 0.447.